The third-order valence-electron chi connectivity index (χ3n) is 6.41. The van der Waals surface area contributed by atoms with Crippen LogP contribution in [0.15, 0.2) is 12.1 Å². The van der Waals surface area contributed by atoms with E-state index in [2.05, 4.69) is 74.4 Å². The van der Waals surface area contributed by atoms with Crippen molar-refractivity contribution in [2.24, 2.45) is 11.3 Å². The number of ether oxygens (including phenoxy) is 1. The van der Waals surface area contributed by atoms with Crippen LogP contribution in [0.3, 0.4) is 0 Å². The smallest absolute Gasteiger partial charge is 0.0953 e. The highest BCUT2D eigenvalue weighted by atomic mass is 16.5. The summed E-state index contributed by atoms with van der Waals surface area (Å²) in [6, 6.07) is 4.39. The van der Waals surface area contributed by atoms with Gasteiger partial charge in [0.1, 0.15) is 0 Å². The molecule has 0 aromatic heterocycles. The molecule has 0 amide bonds. The maximum Gasteiger partial charge on any atom is 0.0953 e. The summed E-state index contributed by atoms with van der Waals surface area (Å²) in [6.45, 7) is 19.2. The van der Waals surface area contributed by atoms with Crippen LogP contribution in [0.4, 0.5) is 0 Å². The number of aryl methyl sites for hydroxylation is 1. The zero-order valence-electron chi connectivity index (χ0n) is 22.2. The SMILES string of the molecule is Cc1cc(C(C)(C)C)c(C(OCCCCCC(C)C)C(CO)(CO)CO)c(C(C)(C)C)c1. The largest absolute Gasteiger partial charge is 0.395 e. The van der Waals surface area contributed by atoms with Crippen LogP contribution in [0.2, 0.25) is 0 Å². The Bertz CT molecular complexity index is 647. The average molecular weight is 451 g/mol. The van der Waals surface area contributed by atoms with Gasteiger partial charge in [0, 0.05) is 6.61 Å². The monoisotopic (exact) mass is 450 g/mol. The summed E-state index contributed by atoms with van der Waals surface area (Å²) in [5.74, 6) is 0.700. The van der Waals surface area contributed by atoms with E-state index in [-0.39, 0.29) is 30.7 Å². The zero-order valence-corrected chi connectivity index (χ0v) is 22.2. The highest BCUT2D eigenvalue weighted by Crippen LogP contribution is 2.46. The molecule has 0 saturated heterocycles. The summed E-state index contributed by atoms with van der Waals surface area (Å²) < 4.78 is 6.50. The van der Waals surface area contributed by atoms with E-state index < -0.39 is 11.5 Å². The van der Waals surface area contributed by atoms with Gasteiger partial charge in [-0.2, -0.15) is 0 Å². The van der Waals surface area contributed by atoms with Gasteiger partial charge in [0.2, 0.25) is 0 Å². The second kappa shape index (κ2) is 12.0. The standard InChI is InChI=1S/C28H50O4/c1-20(2)13-11-10-12-14-32-25(28(17-29,18-30)19-31)24-22(26(4,5)6)15-21(3)16-23(24)27(7,8)9/h15-16,20,25,29-31H,10-14,17-19H2,1-9H3. The molecule has 0 aliphatic carbocycles. The molecule has 4 nitrogen and oxygen atoms in total. The lowest BCUT2D eigenvalue weighted by Gasteiger charge is -2.42. The van der Waals surface area contributed by atoms with Gasteiger partial charge < -0.3 is 20.1 Å². The lowest BCUT2D eigenvalue weighted by Crippen LogP contribution is -2.43. The van der Waals surface area contributed by atoms with Crippen LogP contribution in [0.25, 0.3) is 0 Å². The number of aliphatic hydroxyl groups excluding tert-OH is 3. The van der Waals surface area contributed by atoms with E-state index in [0.29, 0.717) is 12.5 Å². The number of hydrogen-bond acceptors (Lipinski definition) is 4. The summed E-state index contributed by atoms with van der Waals surface area (Å²) in [5.41, 5.74) is 3.00. The van der Waals surface area contributed by atoms with Gasteiger partial charge in [-0.15, -0.1) is 0 Å². The van der Waals surface area contributed by atoms with Gasteiger partial charge in [-0.1, -0.05) is 92.3 Å². The van der Waals surface area contributed by atoms with Crippen molar-refractivity contribution in [1.29, 1.82) is 0 Å². The number of unbranched alkanes of at least 4 members (excludes halogenated alkanes) is 2. The molecular formula is C28H50O4. The van der Waals surface area contributed by atoms with Crippen LogP contribution in [0, 0.1) is 18.3 Å². The first-order valence-corrected chi connectivity index (χ1v) is 12.3. The van der Waals surface area contributed by atoms with Crippen molar-refractivity contribution in [3.05, 3.63) is 34.4 Å². The Morgan fingerprint density at radius 1 is 0.781 bits per heavy atom. The summed E-state index contributed by atoms with van der Waals surface area (Å²) in [5, 5.41) is 31.1. The molecule has 1 rings (SSSR count). The summed E-state index contributed by atoms with van der Waals surface area (Å²) in [7, 11) is 0. The third-order valence-corrected chi connectivity index (χ3v) is 6.41. The van der Waals surface area contributed by atoms with Gasteiger partial charge in [-0.3, -0.25) is 0 Å². The Balaban J connectivity index is 3.55. The van der Waals surface area contributed by atoms with Crippen molar-refractivity contribution in [2.75, 3.05) is 26.4 Å². The minimum atomic E-state index is -1.16. The first-order chi connectivity index (χ1) is 14.7. The first-order valence-electron chi connectivity index (χ1n) is 12.3. The Hall–Kier alpha value is -0.940. The molecule has 3 N–H and O–H groups in total. The van der Waals surface area contributed by atoms with Gasteiger partial charge in [0.25, 0.3) is 0 Å². The van der Waals surface area contributed by atoms with Crippen molar-refractivity contribution in [2.45, 2.75) is 105 Å². The Kier molecular flexibility index (Phi) is 10.9. The van der Waals surface area contributed by atoms with Crippen LogP contribution in [0.1, 0.15) is 109 Å². The van der Waals surface area contributed by atoms with Gasteiger partial charge in [0.05, 0.1) is 31.3 Å². The maximum atomic E-state index is 10.4. The molecule has 0 heterocycles. The summed E-state index contributed by atoms with van der Waals surface area (Å²) in [4.78, 5) is 0. The van der Waals surface area contributed by atoms with Crippen LogP contribution >= 0.6 is 0 Å². The van der Waals surface area contributed by atoms with Crippen molar-refractivity contribution in [1.82, 2.24) is 0 Å². The Morgan fingerprint density at radius 3 is 1.62 bits per heavy atom. The molecule has 0 fully saturated rings. The van der Waals surface area contributed by atoms with E-state index >= 15 is 0 Å². The highest BCUT2D eigenvalue weighted by molar-refractivity contribution is 5.47. The molecule has 0 aliphatic heterocycles. The molecule has 0 bridgehead atoms. The minimum absolute atomic E-state index is 0.160. The fourth-order valence-corrected chi connectivity index (χ4v) is 4.32. The lowest BCUT2D eigenvalue weighted by atomic mass is 9.69. The maximum absolute atomic E-state index is 10.4. The number of aliphatic hydroxyl groups is 3. The van der Waals surface area contributed by atoms with Gasteiger partial charge in [0.15, 0.2) is 0 Å². The van der Waals surface area contributed by atoms with Crippen LogP contribution < -0.4 is 0 Å². The summed E-state index contributed by atoms with van der Waals surface area (Å²) in [6.07, 6.45) is 3.78. The molecule has 0 radical (unpaired) electrons. The second-order valence-corrected chi connectivity index (χ2v) is 12.1. The second-order valence-electron chi connectivity index (χ2n) is 12.1. The molecule has 1 unspecified atom stereocenters. The number of hydrogen-bond donors (Lipinski definition) is 3. The third kappa shape index (κ3) is 7.55. The predicted octanol–water partition coefficient (Wildman–Crippen LogP) is 5.83. The lowest BCUT2D eigenvalue weighted by molar-refractivity contribution is -0.118. The Morgan fingerprint density at radius 2 is 1.25 bits per heavy atom. The van der Waals surface area contributed by atoms with Gasteiger partial charge in [-0.05, 0) is 46.8 Å². The fourth-order valence-electron chi connectivity index (χ4n) is 4.32. The molecule has 0 spiro atoms. The first kappa shape index (κ1) is 29.1. The van der Waals surface area contributed by atoms with Crippen molar-refractivity contribution >= 4 is 0 Å². The van der Waals surface area contributed by atoms with Gasteiger partial charge in [-0.25, -0.2) is 0 Å². The van der Waals surface area contributed by atoms with E-state index in [1.807, 2.05) is 0 Å². The highest BCUT2D eigenvalue weighted by Gasteiger charge is 2.44. The minimum Gasteiger partial charge on any atom is -0.395 e. The van der Waals surface area contributed by atoms with Crippen LogP contribution in [0.5, 0.6) is 0 Å². The molecular weight excluding hydrogens is 400 g/mol. The molecule has 1 aromatic carbocycles. The van der Waals surface area contributed by atoms with E-state index in [1.165, 1.54) is 18.4 Å². The zero-order chi connectivity index (χ0) is 24.7. The van der Waals surface area contributed by atoms with E-state index in [0.717, 1.165) is 29.5 Å². The molecule has 4 heteroatoms. The van der Waals surface area contributed by atoms with Crippen LogP contribution in [-0.4, -0.2) is 41.7 Å². The van der Waals surface area contributed by atoms with E-state index in [9.17, 15) is 15.3 Å². The van der Waals surface area contributed by atoms with Crippen molar-refractivity contribution < 1.29 is 20.1 Å². The fraction of sp³-hybridized carbons (Fsp3) is 0.786. The predicted molar refractivity (Wildman–Crippen MR) is 134 cm³/mol. The normalized spacial score (nSPS) is 14.3. The number of benzene rings is 1. The molecule has 0 aliphatic rings. The van der Waals surface area contributed by atoms with Gasteiger partial charge >= 0.3 is 0 Å². The van der Waals surface area contributed by atoms with E-state index in [4.69, 9.17) is 4.74 Å². The topological polar surface area (TPSA) is 69.9 Å². The Labute approximate surface area is 197 Å². The molecule has 32 heavy (non-hydrogen) atoms. The quantitative estimate of drug-likeness (QED) is 0.351. The molecule has 186 valence electrons. The average Bonchev–Trinajstić information content (AvgIpc) is 2.68. The molecule has 1 atom stereocenters. The van der Waals surface area contributed by atoms with Crippen molar-refractivity contribution in [3.63, 3.8) is 0 Å². The molecule has 0 saturated carbocycles. The van der Waals surface area contributed by atoms with Crippen LogP contribution in [-0.2, 0) is 15.6 Å². The summed E-state index contributed by atoms with van der Waals surface area (Å²) >= 11 is 0. The van der Waals surface area contributed by atoms with Crippen molar-refractivity contribution in [3.8, 4) is 0 Å². The van der Waals surface area contributed by atoms with E-state index in [1.54, 1.807) is 0 Å². The molecule has 1 aromatic rings. The number of rotatable bonds is 12.